The van der Waals surface area contributed by atoms with Crippen molar-refractivity contribution in [2.24, 2.45) is 0 Å². The lowest BCUT2D eigenvalue weighted by Gasteiger charge is -1.99. The Balaban J connectivity index is 1.83. The van der Waals surface area contributed by atoms with E-state index in [0.717, 1.165) is 18.5 Å². The highest BCUT2D eigenvalue weighted by atomic mass is 16.4. The molecule has 0 aliphatic heterocycles. The van der Waals surface area contributed by atoms with Crippen molar-refractivity contribution in [3.05, 3.63) is 11.9 Å². The molecular weight excluding hydrogens is 210 g/mol. The monoisotopic (exact) mass is 223 g/mol. The molecule has 3 N–H and O–H groups in total. The van der Waals surface area contributed by atoms with Crippen molar-refractivity contribution in [1.29, 1.82) is 0 Å². The summed E-state index contributed by atoms with van der Waals surface area (Å²) in [5, 5.41) is 10.9. The summed E-state index contributed by atoms with van der Waals surface area (Å²) in [5.74, 6) is -0.359. The number of hydrogen-bond donors (Lipinski definition) is 3. The minimum atomic E-state index is -0.978. The molecule has 1 aliphatic rings. The number of nitrogens with one attached hydrogen (secondary N) is 2. The van der Waals surface area contributed by atoms with Gasteiger partial charge in [0.1, 0.15) is 0 Å². The Morgan fingerprint density at radius 3 is 2.88 bits per heavy atom. The van der Waals surface area contributed by atoms with Crippen LogP contribution in [0.2, 0.25) is 0 Å². The van der Waals surface area contributed by atoms with Gasteiger partial charge in [0, 0.05) is 18.0 Å². The van der Waals surface area contributed by atoms with Gasteiger partial charge in [0.25, 0.3) is 0 Å². The molecule has 0 bridgehead atoms. The standard InChI is InChI=1S/C10H13N3O3/c14-8(3-4-9(15)16)13-10-11-5-7(12-10)6-1-2-6/h5-6H,1-4H2,(H,15,16)(H2,11,12,13,14). The van der Waals surface area contributed by atoms with E-state index in [9.17, 15) is 9.59 Å². The molecule has 1 fully saturated rings. The van der Waals surface area contributed by atoms with Crippen LogP contribution < -0.4 is 5.32 Å². The van der Waals surface area contributed by atoms with Gasteiger partial charge in [0.15, 0.2) is 0 Å². The highest BCUT2D eigenvalue weighted by molar-refractivity contribution is 5.90. The second-order valence-electron chi connectivity index (χ2n) is 3.90. The molecule has 0 saturated heterocycles. The average molecular weight is 223 g/mol. The Morgan fingerprint density at radius 1 is 1.50 bits per heavy atom. The summed E-state index contributed by atoms with van der Waals surface area (Å²) in [5.41, 5.74) is 1.04. The topological polar surface area (TPSA) is 95.1 Å². The zero-order chi connectivity index (χ0) is 11.5. The summed E-state index contributed by atoms with van der Waals surface area (Å²) >= 11 is 0. The van der Waals surface area contributed by atoms with Crippen molar-refractivity contribution in [2.45, 2.75) is 31.6 Å². The smallest absolute Gasteiger partial charge is 0.303 e. The van der Waals surface area contributed by atoms with E-state index >= 15 is 0 Å². The molecular formula is C10H13N3O3. The first kappa shape index (κ1) is 10.7. The Bertz CT molecular complexity index is 409. The molecule has 86 valence electrons. The fourth-order valence-electron chi connectivity index (χ4n) is 1.42. The number of anilines is 1. The Labute approximate surface area is 92.1 Å². The number of carbonyl (C=O) groups is 2. The molecule has 16 heavy (non-hydrogen) atoms. The van der Waals surface area contributed by atoms with Crippen LogP contribution in [0, 0.1) is 0 Å². The van der Waals surface area contributed by atoms with E-state index in [-0.39, 0.29) is 18.7 Å². The van der Waals surface area contributed by atoms with E-state index < -0.39 is 5.97 Å². The number of hydrogen-bond acceptors (Lipinski definition) is 3. The van der Waals surface area contributed by atoms with Crippen molar-refractivity contribution in [2.75, 3.05) is 5.32 Å². The molecule has 0 atom stereocenters. The van der Waals surface area contributed by atoms with Crippen LogP contribution in [0.4, 0.5) is 5.95 Å². The SMILES string of the molecule is O=C(O)CCC(=O)Nc1ncc(C2CC2)[nH]1. The number of amides is 1. The number of carbonyl (C=O) groups excluding carboxylic acids is 1. The number of aromatic amines is 1. The average Bonchev–Trinajstić information content (AvgIpc) is 2.98. The number of imidazole rings is 1. The highest BCUT2D eigenvalue weighted by Crippen LogP contribution is 2.39. The maximum atomic E-state index is 11.3. The van der Waals surface area contributed by atoms with Crippen molar-refractivity contribution >= 4 is 17.8 Å². The third-order valence-electron chi connectivity index (χ3n) is 2.44. The summed E-state index contributed by atoms with van der Waals surface area (Å²) in [6.07, 6.45) is 3.84. The first-order valence-corrected chi connectivity index (χ1v) is 5.21. The fourth-order valence-corrected chi connectivity index (χ4v) is 1.42. The normalized spacial score (nSPS) is 14.8. The van der Waals surface area contributed by atoms with Gasteiger partial charge in [-0.05, 0) is 12.8 Å². The third-order valence-corrected chi connectivity index (χ3v) is 2.44. The quantitative estimate of drug-likeness (QED) is 0.696. The van der Waals surface area contributed by atoms with Crippen LogP contribution >= 0.6 is 0 Å². The number of carboxylic acid groups (broad SMARTS) is 1. The molecule has 1 amide bonds. The third kappa shape index (κ3) is 2.82. The number of carboxylic acids is 1. The number of H-pyrrole nitrogens is 1. The van der Waals surface area contributed by atoms with Crippen molar-refractivity contribution in [3.63, 3.8) is 0 Å². The largest absolute Gasteiger partial charge is 0.481 e. The van der Waals surface area contributed by atoms with Crippen LogP contribution in [0.25, 0.3) is 0 Å². The number of nitrogens with zero attached hydrogens (tertiary/aromatic N) is 1. The van der Waals surface area contributed by atoms with Gasteiger partial charge in [0.2, 0.25) is 11.9 Å². The van der Waals surface area contributed by atoms with Gasteiger partial charge < -0.3 is 10.1 Å². The maximum Gasteiger partial charge on any atom is 0.303 e. The predicted octanol–water partition coefficient (Wildman–Crippen LogP) is 1.09. The minimum absolute atomic E-state index is 0.0329. The van der Waals surface area contributed by atoms with E-state index in [4.69, 9.17) is 5.11 Å². The molecule has 0 radical (unpaired) electrons. The van der Waals surface area contributed by atoms with E-state index in [1.54, 1.807) is 6.20 Å². The molecule has 1 aliphatic carbocycles. The van der Waals surface area contributed by atoms with Crippen molar-refractivity contribution < 1.29 is 14.7 Å². The van der Waals surface area contributed by atoms with Gasteiger partial charge in [-0.3, -0.25) is 14.9 Å². The summed E-state index contributed by atoms with van der Waals surface area (Å²) in [6.45, 7) is 0. The van der Waals surface area contributed by atoms with E-state index in [2.05, 4.69) is 15.3 Å². The summed E-state index contributed by atoms with van der Waals surface area (Å²) in [7, 11) is 0. The Kier molecular flexibility index (Phi) is 2.89. The fraction of sp³-hybridized carbons (Fsp3) is 0.500. The summed E-state index contributed by atoms with van der Waals surface area (Å²) in [4.78, 5) is 28.5. The van der Waals surface area contributed by atoms with Crippen LogP contribution in [0.1, 0.15) is 37.3 Å². The molecule has 1 saturated carbocycles. The summed E-state index contributed by atoms with van der Waals surface area (Å²) < 4.78 is 0. The zero-order valence-electron chi connectivity index (χ0n) is 8.69. The van der Waals surface area contributed by atoms with Gasteiger partial charge in [-0.1, -0.05) is 0 Å². The predicted molar refractivity (Wildman–Crippen MR) is 56.1 cm³/mol. The Hall–Kier alpha value is -1.85. The van der Waals surface area contributed by atoms with Gasteiger partial charge in [-0.15, -0.1) is 0 Å². The molecule has 0 spiro atoms. The van der Waals surface area contributed by atoms with Gasteiger partial charge in [-0.25, -0.2) is 4.98 Å². The first-order chi connectivity index (χ1) is 7.65. The molecule has 6 heteroatoms. The minimum Gasteiger partial charge on any atom is -0.481 e. The number of aliphatic carboxylic acids is 1. The molecule has 0 unspecified atom stereocenters. The van der Waals surface area contributed by atoms with Crippen molar-refractivity contribution in [3.8, 4) is 0 Å². The van der Waals surface area contributed by atoms with Crippen LogP contribution in [0.3, 0.4) is 0 Å². The first-order valence-electron chi connectivity index (χ1n) is 5.21. The molecule has 1 aromatic heterocycles. The van der Waals surface area contributed by atoms with Gasteiger partial charge in [0.05, 0.1) is 12.6 Å². The van der Waals surface area contributed by atoms with Crippen molar-refractivity contribution in [1.82, 2.24) is 9.97 Å². The van der Waals surface area contributed by atoms with Crippen LogP contribution in [0.5, 0.6) is 0 Å². The zero-order valence-corrected chi connectivity index (χ0v) is 8.69. The number of aromatic nitrogens is 2. The van der Waals surface area contributed by atoms with E-state index in [1.165, 1.54) is 0 Å². The van der Waals surface area contributed by atoms with Gasteiger partial charge in [-0.2, -0.15) is 0 Å². The maximum absolute atomic E-state index is 11.3. The molecule has 1 aromatic rings. The lowest BCUT2D eigenvalue weighted by molar-refractivity contribution is -0.138. The van der Waals surface area contributed by atoms with Crippen LogP contribution in [0.15, 0.2) is 6.20 Å². The number of rotatable bonds is 5. The Morgan fingerprint density at radius 2 is 2.25 bits per heavy atom. The molecule has 0 aromatic carbocycles. The lowest BCUT2D eigenvalue weighted by Crippen LogP contribution is -2.14. The molecule has 6 nitrogen and oxygen atoms in total. The molecule has 1 heterocycles. The second-order valence-corrected chi connectivity index (χ2v) is 3.90. The van der Waals surface area contributed by atoms with Crippen LogP contribution in [-0.4, -0.2) is 27.0 Å². The molecule has 2 rings (SSSR count). The van der Waals surface area contributed by atoms with E-state index in [1.807, 2.05) is 0 Å². The van der Waals surface area contributed by atoms with Gasteiger partial charge >= 0.3 is 5.97 Å². The summed E-state index contributed by atoms with van der Waals surface area (Å²) in [6, 6.07) is 0. The lowest BCUT2D eigenvalue weighted by atomic mass is 10.3. The second kappa shape index (κ2) is 4.34. The highest BCUT2D eigenvalue weighted by Gasteiger charge is 2.25. The van der Waals surface area contributed by atoms with Crippen LogP contribution in [-0.2, 0) is 9.59 Å². The van der Waals surface area contributed by atoms with E-state index in [0.29, 0.717) is 11.9 Å².